The Balaban J connectivity index is 1.73. The first-order chi connectivity index (χ1) is 17.2. The zero-order valence-corrected chi connectivity index (χ0v) is 21.4. The largest absolute Gasteiger partial charge is 0.508 e. The molecule has 1 atom stereocenters. The molecular formula is C25H15Cl3N2O5S. The Bertz CT molecular complexity index is 1560. The van der Waals surface area contributed by atoms with Crippen LogP contribution in [0, 0.1) is 0 Å². The smallest absolute Gasteiger partial charge is 0.301 e. The van der Waals surface area contributed by atoms with E-state index in [-0.39, 0.29) is 37.8 Å². The van der Waals surface area contributed by atoms with Crippen LogP contribution in [-0.2, 0) is 9.59 Å². The molecule has 11 heteroatoms. The normalized spacial score (nSPS) is 17.2. The van der Waals surface area contributed by atoms with Crippen molar-refractivity contribution in [3.05, 3.63) is 86.4 Å². The summed E-state index contributed by atoms with van der Waals surface area (Å²) >= 11 is 19.8. The van der Waals surface area contributed by atoms with Crippen LogP contribution in [0.4, 0.5) is 5.13 Å². The highest BCUT2D eigenvalue weighted by atomic mass is 35.5. The van der Waals surface area contributed by atoms with Crippen molar-refractivity contribution in [3.8, 4) is 11.5 Å². The molecule has 0 aliphatic carbocycles. The summed E-state index contributed by atoms with van der Waals surface area (Å²) in [5.74, 6) is -2.04. The van der Waals surface area contributed by atoms with Crippen LogP contribution in [0.1, 0.15) is 17.2 Å². The van der Waals surface area contributed by atoms with Gasteiger partial charge in [0.05, 0.1) is 39.0 Å². The predicted molar refractivity (Wildman–Crippen MR) is 141 cm³/mol. The number of fused-ring (bicyclic) bond motifs is 1. The zero-order chi connectivity index (χ0) is 25.7. The number of ketones is 1. The summed E-state index contributed by atoms with van der Waals surface area (Å²) in [5.41, 5.74) is 1.01. The van der Waals surface area contributed by atoms with E-state index in [0.29, 0.717) is 16.1 Å². The van der Waals surface area contributed by atoms with Crippen molar-refractivity contribution < 1.29 is 24.5 Å². The molecule has 7 nitrogen and oxygen atoms in total. The molecule has 1 saturated heterocycles. The Morgan fingerprint density at radius 1 is 1.03 bits per heavy atom. The van der Waals surface area contributed by atoms with Crippen molar-refractivity contribution >= 4 is 78.9 Å². The van der Waals surface area contributed by atoms with Gasteiger partial charge >= 0.3 is 5.91 Å². The van der Waals surface area contributed by atoms with Gasteiger partial charge < -0.3 is 14.9 Å². The zero-order valence-electron chi connectivity index (χ0n) is 18.3. The molecule has 1 fully saturated rings. The van der Waals surface area contributed by atoms with Crippen LogP contribution < -0.4 is 9.64 Å². The highest BCUT2D eigenvalue weighted by Crippen LogP contribution is 2.45. The molecule has 4 aromatic rings. The first kappa shape index (κ1) is 24.4. The van der Waals surface area contributed by atoms with Crippen LogP contribution in [0.15, 0.2) is 60.2 Å². The van der Waals surface area contributed by atoms with Gasteiger partial charge in [0, 0.05) is 10.6 Å². The van der Waals surface area contributed by atoms with Crippen molar-refractivity contribution in [2.75, 3.05) is 12.0 Å². The number of ether oxygens (including phenoxy) is 1. The van der Waals surface area contributed by atoms with E-state index in [1.54, 1.807) is 30.3 Å². The molecule has 36 heavy (non-hydrogen) atoms. The molecule has 0 radical (unpaired) electrons. The summed E-state index contributed by atoms with van der Waals surface area (Å²) < 4.78 is 5.88. The van der Waals surface area contributed by atoms with E-state index < -0.39 is 23.5 Å². The quantitative estimate of drug-likeness (QED) is 0.165. The molecule has 0 spiro atoms. The number of thiazole rings is 1. The Morgan fingerprint density at radius 2 is 1.69 bits per heavy atom. The number of carbonyl (C=O) groups is 2. The van der Waals surface area contributed by atoms with Gasteiger partial charge in [-0.2, -0.15) is 0 Å². The Morgan fingerprint density at radius 3 is 2.33 bits per heavy atom. The maximum Gasteiger partial charge on any atom is 0.301 e. The number of methoxy groups -OCH3 is 1. The maximum absolute atomic E-state index is 13.3. The second-order valence-corrected chi connectivity index (χ2v) is 10.1. The van der Waals surface area contributed by atoms with E-state index in [1.165, 1.54) is 47.6 Å². The number of hydrogen-bond donors (Lipinski definition) is 2. The highest BCUT2D eigenvalue weighted by Gasteiger charge is 2.48. The number of aliphatic hydroxyl groups is 1. The minimum atomic E-state index is -1.04. The molecule has 3 aromatic carbocycles. The number of carbonyl (C=O) groups excluding carboxylic acids is 2. The third-order valence-electron chi connectivity index (χ3n) is 5.67. The van der Waals surface area contributed by atoms with Gasteiger partial charge in [-0.3, -0.25) is 14.5 Å². The number of phenolic OH excluding ortho intramolecular Hbond substituents is 1. The number of amides is 1. The second kappa shape index (κ2) is 9.29. The van der Waals surface area contributed by atoms with E-state index in [9.17, 15) is 19.8 Å². The van der Waals surface area contributed by atoms with Crippen molar-refractivity contribution in [2.45, 2.75) is 6.04 Å². The van der Waals surface area contributed by atoms with Gasteiger partial charge in [-0.05, 0) is 48.0 Å². The lowest BCUT2D eigenvalue weighted by Crippen LogP contribution is -2.29. The van der Waals surface area contributed by atoms with Crippen molar-refractivity contribution in [3.63, 3.8) is 0 Å². The molecule has 2 N–H and O–H groups in total. The Labute approximate surface area is 223 Å². The van der Waals surface area contributed by atoms with E-state index >= 15 is 0 Å². The molecule has 182 valence electrons. The molecule has 2 heterocycles. The van der Waals surface area contributed by atoms with Crippen LogP contribution in [0.3, 0.4) is 0 Å². The monoisotopic (exact) mass is 560 g/mol. The number of aromatic nitrogens is 1. The average molecular weight is 562 g/mol. The summed E-state index contributed by atoms with van der Waals surface area (Å²) in [6.07, 6.45) is 0. The lowest BCUT2D eigenvalue weighted by atomic mass is 9.95. The number of phenols is 1. The van der Waals surface area contributed by atoms with Gasteiger partial charge in [-0.25, -0.2) is 4.98 Å². The second-order valence-electron chi connectivity index (χ2n) is 7.84. The first-order valence-corrected chi connectivity index (χ1v) is 12.3. The molecular weight excluding hydrogens is 547 g/mol. The molecule has 1 unspecified atom stereocenters. The number of halogens is 3. The van der Waals surface area contributed by atoms with Crippen LogP contribution in [0.25, 0.3) is 16.0 Å². The molecule has 1 amide bonds. The molecule has 0 bridgehead atoms. The summed E-state index contributed by atoms with van der Waals surface area (Å²) in [6.45, 7) is 0. The van der Waals surface area contributed by atoms with Crippen LogP contribution in [-0.4, -0.2) is 34.0 Å². The molecule has 0 saturated carbocycles. The average Bonchev–Trinajstić information content (AvgIpc) is 3.36. The topological polar surface area (TPSA) is 100.0 Å². The lowest BCUT2D eigenvalue weighted by molar-refractivity contribution is -0.132. The van der Waals surface area contributed by atoms with E-state index in [2.05, 4.69) is 4.98 Å². The Hall–Kier alpha value is -3.30. The fourth-order valence-electron chi connectivity index (χ4n) is 4.04. The number of benzene rings is 3. The fourth-order valence-corrected chi connectivity index (χ4v) is 5.95. The van der Waals surface area contributed by atoms with Gasteiger partial charge in [0.15, 0.2) is 10.9 Å². The number of hydrogen-bond acceptors (Lipinski definition) is 7. The SMILES string of the molecule is COc1c(Cl)cc(/C(O)=C2\C(=O)C(=O)N(c3nc4ccc(Cl)cc4s3)C2c2ccc(O)cc2)cc1Cl. The minimum Gasteiger partial charge on any atom is -0.508 e. The van der Waals surface area contributed by atoms with Gasteiger partial charge in [0.25, 0.3) is 5.78 Å². The number of nitrogens with zero attached hydrogens (tertiary/aromatic N) is 2. The summed E-state index contributed by atoms with van der Waals surface area (Å²) in [6, 6.07) is 12.8. The number of aliphatic hydroxyl groups excluding tert-OH is 1. The van der Waals surface area contributed by atoms with Crippen molar-refractivity contribution in [1.82, 2.24) is 4.98 Å². The number of rotatable bonds is 4. The van der Waals surface area contributed by atoms with Gasteiger partial charge in [0.2, 0.25) is 0 Å². The molecule has 5 rings (SSSR count). The standard InChI is InChI=1S/C25H15Cl3N2O5S/c1-35-23-15(27)8-12(9-16(23)28)21(32)19-20(11-2-5-14(31)6-3-11)30(24(34)22(19)33)25-29-17-7-4-13(26)10-18(17)36-25/h2-10,20,31-32H,1H3/b21-19+. The summed E-state index contributed by atoms with van der Waals surface area (Å²) in [7, 11) is 1.40. The molecule has 1 aromatic heterocycles. The number of aromatic hydroxyl groups is 1. The highest BCUT2D eigenvalue weighted by molar-refractivity contribution is 7.22. The van der Waals surface area contributed by atoms with Crippen LogP contribution in [0.2, 0.25) is 15.1 Å². The van der Waals surface area contributed by atoms with Crippen molar-refractivity contribution in [1.29, 1.82) is 0 Å². The van der Waals surface area contributed by atoms with Crippen LogP contribution >= 0.6 is 46.1 Å². The summed E-state index contributed by atoms with van der Waals surface area (Å²) in [4.78, 5) is 32.4. The minimum absolute atomic E-state index is 0.000881. The van der Waals surface area contributed by atoms with Crippen LogP contribution in [0.5, 0.6) is 11.5 Å². The lowest BCUT2D eigenvalue weighted by Gasteiger charge is -2.23. The first-order valence-electron chi connectivity index (χ1n) is 10.4. The predicted octanol–water partition coefficient (Wildman–Crippen LogP) is 6.60. The van der Waals surface area contributed by atoms with Gasteiger partial charge in [-0.1, -0.05) is 58.3 Å². The van der Waals surface area contributed by atoms with Crippen molar-refractivity contribution in [2.24, 2.45) is 0 Å². The number of anilines is 1. The van der Waals surface area contributed by atoms with Gasteiger partial charge in [0.1, 0.15) is 11.5 Å². The third-order valence-corrected chi connectivity index (χ3v) is 7.49. The fraction of sp³-hybridized carbons (Fsp3) is 0.0800. The number of Topliss-reactive ketones (excluding diaryl/α,β-unsaturated/α-hetero) is 1. The van der Waals surface area contributed by atoms with E-state index in [1.807, 2.05) is 0 Å². The van der Waals surface area contributed by atoms with E-state index in [4.69, 9.17) is 39.5 Å². The molecule has 1 aliphatic rings. The summed E-state index contributed by atoms with van der Waals surface area (Å²) in [5, 5.41) is 22.1. The molecule has 1 aliphatic heterocycles. The van der Waals surface area contributed by atoms with E-state index in [0.717, 1.165) is 4.70 Å². The maximum atomic E-state index is 13.3. The Kier molecular flexibility index (Phi) is 6.30. The third kappa shape index (κ3) is 4.06. The van der Waals surface area contributed by atoms with Gasteiger partial charge in [-0.15, -0.1) is 0 Å².